The highest BCUT2D eigenvalue weighted by Gasteiger charge is 2.21. The van der Waals surface area contributed by atoms with Gasteiger partial charge in [-0.2, -0.15) is 0 Å². The number of hydrogen-bond acceptors (Lipinski definition) is 3. The lowest BCUT2D eigenvalue weighted by atomic mass is 10.1. The third-order valence-corrected chi connectivity index (χ3v) is 2.71. The molecule has 1 fully saturated rings. The maximum absolute atomic E-state index is 4.51. The Morgan fingerprint density at radius 3 is 2.73 bits per heavy atom. The fourth-order valence-corrected chi connectivity index (χ4v) is 1.53. The molecular weight excluding hydrogens is 186 g/mol. The van der Waals surface area contributed by atoms with E-state index < -0.39 is 0 Å². The van der Waals surface area contributed by atoms with E-state index >= 15 is 0 Å². The van der Waals surface area contributed by atoms with Crippen LogP contribution < -0.4 is 5.32 Å². The topological polar surface area (TPSA) is 37.8 Å². The molecule has 82 valence electrons. The summed E-state index contributed by atoms with van der Waals surface area (Å²) in [6, 6.07) is 2.06. The van der Waals surface area contributed by atoms with E-state index in [9.17, 15) is 0 Å². The molecule has 3 heteroatoms. The standard InChI is InChI=1S/C12H19N3/c1-8(2)11-6-9(3)14-12(15-11)13-7-10-4-5-10/h6,8,10H,4-5,7H2,1-3H3,(H,13,14,15). The molecule has 1 saturated carbocycles. The van der Waals surface area contributed by atoms with E-state index in [1.165, 1.54) is 12.8 Å². The predicted molar refractivity (Wildman–Crippen MR) is 62.1 cm³/mol. The van der Waals surface area contributed by atoms with Crippen LogP contribution in [0.25, 0.3) is 0 Å². The molecule has 0 atom stereocenters. The minimum atomic E-state index is 0.466. The number of anilines is 1. The molecule has 1 aliphatic carbocycles. The minimum absolute atomic E-state index is 0.466. The van der Waals surface area contributed by atoms with Gasteiger partial charge in [-0.15, -0.1) is 0 Å². The number of nitrogens with zero attached hydrogens (tertiary/aromatic N) is 2. The van der Waals surface area contributed by atoms with Crippen molar-refractivity contribution in [3.05, 3.63) is 17.5 Å². The second-order valence-electron chi connectivity index (χ2n) is 4.74. The molecule has 1 aliphatic rings. The van der Waals surface area contributed by atoms with E-state index in [4.69, 9.17) is 0 Å². The second kappa shape index (κ2) is 4.17. The summed E-state index contributed by atoms with van der Waals surface area (Å²) in [6.07, 6.45) is 2.71. The van der Waals surface area contributed by atoms with E-state index in [1.807, 2.05) is 6.92 Å². The highest BCUT2D eigenvalue weighted by molar-refractivity contribution is 5.29. The summed E-state index contributed by atoms with van der Waals surface area (Å²) < 4.78 is 0. The molecule has 15 heavy (non-hydrogen) atoms. The fraction of sp³-hybridized carbons (Fsp3) is 0.667. The van der Waals surface area contributed by atoms with Crippen LogP contribution in [0, 0.1) is 12.8 Å². The second-order valence-corrected chi connectivity index (χ2v) is 4.74. The van der Waals surface area contributed by atoms with Crippen molar-refractivity contribution in [2.24, 2.45) is 5.92 Å². The van der Waals surface area contributed by atoms with Crippen LogP contribution in [-0.4, -0.2) is 16.5 Å². The summed E-state index contributed by atoms with van der Waals surface area (Å²) in [6.45, 7) is 7.37. The van der Waals surface area contributed by atoms with Crippen molar-refractivity contribution in [3.63, 3.8) is 0 Å². The molecule has 0 saturated heterocycles. The van der Waals surface area contributed by atoms with Crippen LogP contribution in [0.5, 0.6) is 0 Å². The van der Waals surface area contributed by atoms with Crippen LogP contribution in [0.4, 0.5) is 5.95 Å². The maximum Gasteiger partial charge on any atom is 0.223 e. The Kier molecular flexibility index (Phi) is 2.89. The molecule has 0 radical (unpaired) electrons. The van der Waals surface area contributed by atoms with Crippen LogP contribution in [-0.2, 0) is 0 Å². The van der Waals surface area contributed by atoms with Gasteiger partial charge in [-0.25, -0.2) is 9.97 Å². The largest absolute Gasteiger partial charge is 0.354 e. The molecule has 1 N–H and O–H groups in total. The van der Waals surface area contributed by atoms with Gasteiger partial charge in [-0.1, -0.05) is 13.8 Å². The number of nitrogens with one attached hydrogen (secondary N) is 1. The molecule has 0 aliphatic heterocycles. The van der Waals surface area contributed by atoms with Gasteiger partial charge in [0.2, 0.25) is 5.95 Å². The van der Waals surface area contributed by atoms with Crippen LogP contribution in [0.15, 0.2) is 6.07 Å². The van der Waals surface area contributed by atoms with Crippen molar-refractivity contribution in [1.29, 1.82) is 0 Å². The Hall–Kier alpha value is -1.12. The SMILES string of the molecule is Cc1cc(C(C)C)nc(NCC2CC2)n1. The minimum Gasteiger partial charge on any atom is -0.354 e. The molecule has 2 rings (SSSR count). The molecule has 0 amide bonds. The molecule has 0 unspecified atom stereocenters. The van der Waals surface area contributed by atoms with Gasteiger partial charge in [0.25, 0.3) is 0 Å². The fourth-order valence-electron chi connectivity index (χ4n) is 1.53. The third kappa shape index (κ3) is 2.91. The van der Waals surface area contributed by atoms with E-state index in [1.54, 1.807) is 0 Å². The Morgan fingerprint density at radius 2 is 2.13 bits per heavy atom. The number of hydrogen-bond donors (Lipinski definition) is 1. The van der Waals surface area contributed by atoms with Crippen molar-refractivity contribution in [2.45, 2.75) is 39.5 Å². The summed E-state index contributed by atoms with van der Waals surface area (Å²) in [7, 11) is 0. The van der Waals surface area contributed by atoms with Gasteiger partial charge in [0.15, 0.2) is 0 Å². The van der Waals surface area contributed by atoms with Gasteiger partial charge in [0.05, 0.1) is 0 Å². The van der Waals surface area contributed by atoms with Crippen molar-refractivity contribution in [1.82, 2.24) is 9.97 Å². The van der Waals surface area contributed by atoms with E-state index in [0.717, 1.165) is 29.8 Å². The Morgan fingerprint density at radius 1 is 1.40 bits per heavy atom. The number of aryl methyl sites for hydroxylation is 1. The van der Waals surface area contributed by atoms with Gasteiger partial charge < -0.3 is 5.32 Å². The zero-order chi connectivity index (χ0) is 10.8. The van der Waals surface area contributed by atoms with Crippen LogP contribution in [0.2, 0.25) is 0 Å². The molecular formula is C12H19N3. The van der Waals surface area contributed by atoms with Crippen LogP contribution >= 0.6 is 0 Å². The summed E-state index contributed by atoms with van der Waals surface area (Å²) in [5.74, 6) is 2.12. The van der Waals surface area contributed by atoms with Crippen LogP contribution in [0.3, 0.4) is 0 Å². The normalized spacial score (nSPS) is 15.7. The molecule has 0 bridgehead atoms. The highest BCUT2D eigenvalue weighted by atomic mass is 15.1. The Bertz CT molecular complexity index is 343. The Labute approximate surface area is 91.3 Å². The molecule has 1 heterocycles. The highest BCUT2D eigenvalue weighted by Crippen LogP contribution is 2.28. The lowest BCUT2D eigenvalue weighted by Gasteiger charge is -2.09. The molecule has 0 aromatic carbocycles. The molecule has 0 spiro atoms. The third-order valence-electron chi connectivity index (χ3n) is 2.71. The summed E-state index contributed by atoms with van der Waals surface area (Å²) in [4.78, 5) is 8.90. The molecule has 1 aromatic heterocycles. The lowest BCUT2D eigenvalue weighted by Crippen LogP contribution is -2.09. The van der Waals surface area contributed by atoms with Gasteiger partial charge in [-0.05, 0) is 37.7 Å². The van der Waals surface area contributed by atoms with Crippen molar-refractivity contribution in [3.8, 4) is 0 Å². The quantitative estimate of drug-likeness (QED) is 0.821. The van der Waals surface area contributed by atoms with Crippen molar-refractivity contribution < 1.29 is 0 Å². The zero-order valence-electron chi connectivity index (χ0n) is 9.75. The summed E-state index contributed by atoms with van der Waals surface area (Å²) >= 11 is 0. The predicted octanol–water partition coefficient (Wildman–Crippen LogP) is 2.73. The van der Waals surface area contributed by atoms with E-state index in [0.29, 0.717) is 5.92 Å². The van der Waals surface area contributed by atoms with E-state index in [2.05, 4.69) is 35.2 Å². The first kappa shape index (κ1) is 10.4. The number of aromatic nitrogens is 2. The average molecular weight is 205 g/mol. The first-order valence-corrected chi connectivity index (χ1v) is 5.74. The lowest BCUT2D eigenvalue weighted by molar-refractivity contribution is 0.801. The first-order chi connectivity index (χ1) is 7.15. The maximum atomic E-state index is 4.51. The van der Waals surface area contributed by atoms with Crippen LogP contribution in [0.1, 0.15) is 44.0 Å². The molecule has 1 aromatic rings. The first-order valence-electron chi connectivity index (χ1n) is 5.74. The smallest absolute Gasteiger partial charge is 0.223 e. The van der Waals surface area contributed by atoms with Gasteiger partial charge in [0.1, 0.15) is 0 Å². The van der Waals surface area contributed by atoms with Gasteiger partial charge >= 0.3 is 0 Å². The monoisotopic (exact) mass is 205 g/mol. The average Bonchev–Trinajstić information content (AvgIpc) is 2.97. The Balaban J connectivity index is 2.07. The molecule has 3 nitrogen and oxygen atoms in total. The summed E-state index contributed by atoms with van der Waals surface area (Å²) in [5.41, 5.74) is 2.17. The van der Waals surface area contributed by atoms with Crippen molar-refractivity contribution >= 4 is 5.95 Å². The van der Waals surface area contributed by atoms with Gasteiger partial charge in [0, 0.05) is 17.9 Å². The van der Waals surface area contributed by atoms with Crippen molar-refractivity contribution in [2.75, 3.05) is 11.9 Å². The van der Waals surface area contributed by atoms with E-state index in [-0.39, 0.29) is 0 Å². The number of rotatable bonds is 4. The van der Waals surface area contributed by atoms with Gasteiger partial charge in [-0.3, -0.25) is 0 Å². The zero-order valence-corrected chi connectivity index (χ0v) is 9.75. The summed E-state index contributed by atoms with van der Waals surface area (Å²) in [5, 5.41) is 3.32.